The highest BCUT2D eigenvalue weighted by Gasteiger charge is 2.26. The number of hydrogen-bond donors (Lipinski definition) is 2. The van der Waals surface area contributed by atoms with Gasteiger partial charge < -0.3 is 10.6 Å². The number of thiophene rings is 1. The highest BCUT2D eigenvalue weighted by Crippen LogP contribution is 2.22. The number of benzene rings is 1. The number of amides is 2. The molecule has 29 heavy (non-hydrogen) atoms. The molecule has 8 heteroatoms. The summed E-state index contributed by atoms with van der Waals surface area (Å²) in [6.45, 7) is 1.97. The number of rotatable bonds is 7. The number of nitrogens with zero attached hydrogens (tertiary/aromatic N) is 2. The molecule has 1 saturated heterocycles. The Labute approximate surface area is 173 Å². The van der Waals surface area contributed by atoms with E-state index in [1.165, 1.54) is 17.4 Å². The summed E-state index contributed by atoms with van der Waals surface area (Å²) in [7, 11) is 0. The molecule has 6 nitrogen and oxygen atoms in total. The number of hydrogen-bond acceptors (Lipinski definition) is 5. The van der Waals surface area contributed by atoms with Crippen LogP contribution < -0.4 is 10.6 Å². The minimum Gasteiger partial charge on any atom is -0.356 e. The molecule has 1 fully saturated rings. The first-order valence-corrected chi connectivity index (χ1v) is 10.5. The van der Waals surface area contributed by atoms with Crippen molar-refractivity contribution in [1.29, 1.82) is 5.26 Å². The standard InChI is InChI=1S/C21H23FN4O2S/c22-18-4-2-1-3-15(18)5-9-24-20(28)16-6-10-26(11-7-16)14-19(27)25-21-17(13-23)8-12-29-21/h1-4,8,12,16H,5-7,9-11,14H2,(H,24,28)(H,25,27). The van der Waals surface area contributed by atoms with E-state index in [-0.39, 0.29) is 30.1 Å². The Kier molecular flexibility index (Phi) is 7.33. The topological polar surface area (TPSA) is 85.2 Å². The second-order valence-electron chi connectivity index (χ2n) is 7.01. The fraction of sp³-hybridized carbons (Fsp3) is 0.381. The van der Waals surface area contributed by atoms with Crippen LogP contribution in [0.25, 0.3) is 0 Å². The zero-order valence-corrected chi connectivity index (χ0v) is 16.8. The van der Waals surface area contributed by atoms with E-state index in [1.54, 1.807) is 29.6 Å². The van der Waals surface area contributed by atoms with Gasteiger partial charge in [-0.05, 0) is 55.4 Å². The van der Waals surface area contributed by atoms with Gasteiger partial charge >= 0.3 is 0 Å². The molecule has 0 unspecified atom stereocenters. The Morgan fingerprint density at radius 3 is 2.72 bits per heavy atom. The lowest BCUT2D eigenvalue weighted by Gasteiger charge is -2.30. The van der Waals surface area contributed by atoms with Crippen molar-refractivity contribution in [3.63, 3.8) is 0 Å². The number of likely N-dealkylation sites (tertiary alicyclic amines) is 1. The van der Waals surface area contributed by atoms with Crippen LogP contribution in [0.15, 0.2) is 35.7 Å². The van der Waals surface area contributed by atoms with Crippen molar-refractivity contribution in [2.75, 3.05) is 31.5 Å². The van der Waals surface area contributed by atoms with Crippen molar-refractivity contribution < 1.29 is 14.0 Å². The number of anilines is 1. The third kappa shape index (κ3) is 5.86. The summed E-state index contributed by atoms with van der Waals surface area (Å²) >= 11 is 1.33. The normalized spacial score (nSPS) is 14.9. The lowest BCUT2D eigenvalue weighted by molar-refractivity contribution is -0.126. The summed E-state index contributed by atoms with van der Waals surface area (Å²) in [5.74, 6) is -0.505. The average molecular weight is 415 g/mol. The van der Waals surface area contributed by atoms with Crippen LogP contribution in [0, 0.1) is 23.1 Å². The summed E-state index contributed by atoms with van der Waals surface area (Å²) in [5, 5.41) is 17.0. The predicted octanol–water partition coefficient (Wildman–Crippen LogP) is 2.77. The lowest BCUT2D eigenvalue weighted by atomic mass is 9.96. The Hall–Kier alpha value is -2.76. The van der Waals surface area contributed by atoms with Gasteiger partial charge in [0.1, 0.15) is 16.9 Å². The zero-order valence-electron chi connectivity index (χ0n) is 16.0. The number of halogens is 1. The molecule has 0 bridgehead atoms. The molecule has 3 rings (SSSR count). The molecule has 1 aliphatic heterocycles. The summed E-state index contributed by atoms with van der Waals surface area (Å²) in [6.07, 6.45) is 1.83. The third-order valence-electron chi connectivity index (χ3n) is 5.02. The second-order valence-corrected chi connectivity index (χ2v) is 7.92. The number of piperidine rings is 1. The predicted molar refractivity (Wildman–Crippen MR) is 110 cm³/mol. The van der Waals surface area contributed by atoms with Crippen molar-refractivity contribution >= 4 is 28.2 Å². The molecular weight excluding hydrogens is 391 g/mol. The minimum absolute atomic E-state index is 0.0114. The van der Waals surface area contributed by atoms with Crippen LogP contribution in [-0.2, 0) is 16.0 Å². The van der Waals surface area contributed by atoms with Gasteiger partial charge in [-0.15, -0.1) is 11.3 Å². The SMILES string of the molecule is N#Cc1ccsc1NC(=O)CN1CCC(C(=O)NCCc2ccccc2F)CC1. The van der Waals surface area contributed by atoms with E-state index in [4.69, 9.17) is 5.26 Å². The number of nitriles is 1. The maximum atomic E-state index is 13.6. The Bertz CT molecular complexity index is 900. The van der Waals surface area contributed by atoms with Crippen LogP contribution in [0.2, 0.25) is 0 Å². The maximum Gasteiger partial charge on any atom is 0.239 e. The molecule has 2 heterocycles. The van der Waals surface area contributed by atoms with Gasteiger partial charge in [0.05, 0.1) is 12.1 Å². The summed E-state index contributed by atoms with van der Waals surface area (Å²) in [4.78, 5) is 26.6. The highest BCUT2D eigenvalue weighted by atomic mass is 32.1. The summed E-state index contributed by atoms with van der Waals surface area (Å²) in [5.41, 5.74) is 1.06. The van der Waals surface area contributed by atoms with E-state index in [9.17, 15) is 14.0 Å². The van der Waals surface area contributed by atoms with Gasteiger partial charge in [-0.25, -0.2) is 4.39 Å². The monoisotopic (exact) mass is 414 g/mol. The highest BCUT2D eigenvalue weighted by molar-refractivity contribution is 7.14. The van der Waals surface area contributed by atoms with E-state index < -0.39 is 0 Å². The number of nitrogens with one attached hydrogen (secondary N) is 2. The number of carbonyl (C=O) groups excluding carboxylic acids is 2. The molecule has 0 saturated carbocycles. The van der Waals surface area contributed by atoms with E-state index >= 15 is 0 Å². The maximum absolute atomic E-state index is 13.6. The third-order valence-corrected chi connectivity index (χ3v) is 5.85. The Morgan fingerprint density at radius 1 is 1.24 bits per heavy atom. The van der Waals surface area contributed by atoms with Crippen molar-refractivity contribution in [1.82, 2.24) is 10.2 Å². The molecule has 0 aliphatic carbocycles. The molecule has 0 spiro atoms. The Balaban J connectivity index is 1.37. The zero-order chi connectivity index (χ0) is 20.6. The van der Waals surface area contributed by atoms with Gasteiger partial charge in [-0.3, -0.25) is 14.5 Å². The van der Waals surface area contributed by atoms with Crippen molar-refractivity contribution in [3.8, 4) is 6.07 Å². The van der Waals surface area contributed by atoms with E-state index in [1.807, 2.05) is 11.0 Å². The average Bonchev–Trinajstić information content (AvgIpc) is 3.16. The first kappa shape index (κ1) is 21.0. The van der Waals surface area contributed by atoms with Gasteiger partial charge in [0.25, 0.3) is 0 Å². The molecule has 2 amide bonds. The molecule has 0 atom stereocenters. The molecule has 1 aliphatic rings. The Morgan fingerprint density at radius 2 is 2.00 bits per heavy atom. The molecule has 0 radical (unpaired) electrons. The van der Waals surface area contributed by atoms with Gasteiger partial charge in [0.15, 0.2) is 0 Å². The van der Waals surface area contributed by atoms with E-state index in [0.29, 0.717) is 55.0 Å². The molecule has 1 aromatic carbocycles. The van der Waals surface area contributed by atoms with Gasteiger partial charge in [0, 0.05) is 12.5 Å². The first-order chi connectivity index (χ1) is 14.1. The fourth-order valence-electron chi connectivity index (χ4n) is 3.38. The van der Waals surface area contributed by atoms with Crippen LogP contribution in [0.1, 0.15) is 24.0 Å². The largest absolute Gasteiger partial charge is 0.356 e. The van der Waals surface area contributed by atoms with Gasteiger partial charge in [-0.2, -0.15) is 5.26 Å². The van der Waals surface area contributed by atoms with Crippen LogP contribution in [-0.4, -0.2) is 42.9 Å². The molecule has 1 aromatic heterocycles. The fourth-order valence-corrected chi connectivity index (χ4v) is 4.14. The summed E-state index contributed by atoms with van der Waals surface area (Å²) in [6, 6.07) is 10.3. The molecule has 152 valence electrons. The lowest BCUT2D eigenvalue weighted by Crippen LogP contribution is -2.43. The molecule has 2 N–H and O–H groups in total. The first-order valence-electron chi connectivity index (χ1n) is 9.57. The van der Waals surface area contributed by atoms with Crippen molar-refractivity contribution in [3.05, 3.63) is 52.7 Å². The number of carbonyl (C=O) groups is 2. The van der Waals surface area contributed by atoms with E-state index in [0.717, 1.165) is 0 Å². The van der Waals surface area contributed by atoms with E-state index in [2.05, 4.69) is 10.6 Å². The van der Waals surface area contributed by atoms with Crippen molar-refractivity contribution in [2.24, 2.45) is 5.92 Å². The van der Waals surface area contributed by atoms with Gasteiger partial charge in [0.2, 0.25) is 11.8 Å². The molecule has 2 aromatic rings. The van der Waals surface area contributed by atoms with Gasteiger partial charge in [-0.1, -0.05) is 18.2 Å². The minimum atomic E-state index is -0.252. The van der Waals surface area contributed by atoms with Crippen LogP contribution >= 0.6 is 11.3 Å². The van der Waals surface area contributed by atoms with Crippen LogP contribution in [0.5, 0.6) is 0 Å². The second kappa shape index (κ2) is 10.1. The van der Waals surface area contributed by atoms with Crippen LogP contribution in [0.3, 0.4) is 0 Å². The summed E-state index contributed by atoms with van der Waals surface area (Å²) < 4.78 is 13.6. The molecular formula is C21H23FN4O2S. The smallest absolute Gasteiger partial charge is 0.239 e. The quantitative estimate of drug-likeness (QED) is 0.730. The van der Waals surface area contributed by atoms with Crippen LogP contribution in [0.4, 0.5) is 9.39 Å². The van der Waals surface area contributed by atoms with Crippen molar-refractivity contribution in [2.45, 2.75) is 19.3 Å².